The highest BCUT2D eigenvalue weighted by atomic mass is 16.2. The Labute approximate surface area is 124 Å². The van der Waals surface area contributed by atoms with E-state index in [2.05, 4.69) is 5.32 Å². The van der Waals surface area contributed by atoms with Crippen molar-refractivity contribution in [3.63, 3.8) is 0 Å². The summed E-state index contributed by atoms with van der Waals surface area (Å²) in [5.74, 6) is -0.149. The molecular formula is C16H23N3O2. The molecule has 5 heteroatoms. The average molecular weight is 289 g/mol. The summed E-state index contributed by atoms with van der Waals surface area (Å²) in [6.07, 6.45) is 0.877. The Morgan fingerprint density at radius 3 is 2.24 bits per heavy atom. The summed E-state index contributed by atoms with van der Waals surface area (Å²) in [6, 6.07) is 7.60. The minimum absolute atomic E-state index is 0.0489. The zero-order valence-electron chi connectivity index (χ0n) is 13.1. The number of carbonyl (C=O) groups excluding carboxylic acids is 1. The van der Waals surface area contributed by atoms with Crippen molar-refractivity contribution in [2.45, 2.75) is 52.7 Å². The number of hydrogen-bond donors (Lipinski definition) is 1. The van der Waals surface area contributed by atoms with E-state index in [-0.39, 0.29) is 23.7 Å². The van der Waals surface area contributed by atoms with Gasteiger partial charge in [-0.1, -0.05) is 19.1 Å². The standard InChI is InChI=1S/C16H23N3O2/c1-5-10-18-12-8-6-7-9-13(12)19(15(18)21)11-14(20)17-16(2,3)4/h6-9H,5,10-11H2,1-4H3,(H,17,20). The average Bonchev–Trinajstić information content (AvgIpc) is 2.63. The fourth-order valence-electron chi connectivity index (χ4n) is 2.47. The van der Waals surface area contributed by atoms with Crippen LogP contribution in [0, 0.1) is 0 Å². The van der Waals surface area contributed by atoms with Crippen LogP contribution in [0.3, 0.4) is 0 Å². The number of carbonyl (C=O) groups is 1. The summed E-state index contributed by atoms with van der Waals surface area (Å²) >= 11 is 0. The van der Waals surface area contributed by atoms with E-state index >= 15 is 0 Å². The van der Waals surface area contributed by atoms with Gasteiger partial charge in [0.05, 0.1) is 11.0 Å². The first-order valence-electron chi connectivity index (χ1n) is 7.32. The van der Waals surface area contributed by atoms with Gasteiger partial charge in [-0.15, -0.1) is 0 Å². The third-order valence-corrected chi connectivity index (χ3v) is 3.19. The van der Waals surface area contributed by atoms with Crippen molar-refractivity contribution in [2.75, 3.05) is 0 Å². The molecule has 114 valence electrons. The number of para-hydroxylation sites is 2. The Hall–Kier alpha value is -2.04. The first-order chi connectivity index (χ1) is 9.83. The molecule has 21 heavy (non-hydrogen) atoms. The Kier molecular flexibility index (Phi) is 4.21. The van der Waals surface area contributed by atoms with Crippen molar-refractivity contribution in [3.8, 4) is 0 Å². The van der Waals surface area contributed by atoms with Crippen molar-refractivity contribution >= 4 is 16.9 Å². The lowest BCUT2D eigenvalue weighted by Gasteiger charge is -2.20. The molecule has 0 atom stereocenters. The zero-order chi connectivity index (χ0) is 15.6. The van der Waals surface area contributed by atoms with Crippen LogP contribution in [-0.4, -0.2) is 20.6 Å². The molecule has 0 radical (unpaired) electrons. The van der Waals surface area contributed by atoms with Crippen LogP contribution in [0.25, 0.3) is 11.0 Å². The quantitative estimate of drug-likeness (QED) is 0.937. The number of nitrogens with one attached hydrogen (secondary N) is 1. The molecule has 1 aromatic heterocycles. The molecule has 0 saturated heterocycles. The van der Waals surface area contributed by atoms with Crippen molar-refractivity contribution in [1.82, 2.24) is 14.5 Å². The monoisotopic (exact) mass is 289 g/mol. The molecule has 1 N–H and O–H groups in total. The lowest BCUT2D eigenvalue weighted by Crippen LogP contribution is -2.43. The third kappa shape index (κ3) is 3.35. The molecule has 0 aliphatic heterocycles. The molecule has 0 unspecified atom stereocenters. The fourth-order valence-corrected chi connectivity index (χ4v) is 2.47. The molecule has 0 aliphatic rings. The minimum atomic E-state index is -0.303. The molecule has 0 fully saturated rings. The Bertz CT molecular complexity index is 704. The van der Waals surface area contributed by atoms with Gasteiger partial charge in [0.1, 0.15) is 6.54 Å². The van der Waals surface area contributed by atoms with Crippen LogP contribution in [0.1, 0.15) is 34.1 Å². The van der Waals surface area contributed by atoms with Gasteiger partial charge in [-0.25, -0.2) is 4.79 Å². The highest BCUT2D eigenvalue weighted by Gasteiger charge is 2.18. The maximum absolute atomic E-state index is 12.5. The number of fused-ring (bicyclic) bond motifs is 1. The first-order valence-corrected chi connectivity index (χ1v) is 7.32. The number of benzene rings is 1. The fraction of sp³-hybridized carbons (Fsp3) is 0.500. The van der Waals surface area contributed by atoms with Crippen LogP contribution in [-0.2, 0) is 17.9 Å². The number of rotatable bonds is 4. The molecule has 0 bridgehead atoms. The maximum atomic E-state index is 12.5. The number of imidazole rings is 1. The Morgan fingerprint density at radius 1 is 1.14 bits per heavy atom. The first kappa shape index (κ1) is 15.4. The van der Waals surface area contributed by atoms with Gasteiger partial charge in [-0.3, -0.25) is 13.9 Å². The van der Waals surface area contributed by atoms with Gasteiger partial charge in [0.2, 0.25) is 5.91 Å². The lowest BCUT2D eigenvalue weighted by atomic mass is 10.1. The summed E-state index contributed by atoms with van der Waals surface area (Å²) < 4.78 is 3.28. The predicted octanol–water partition coefficient (Wildman–Crippen LogP) is 2.13. The molecule has 2 aromatic rings. The molecule has 5 nitrogen and oxygen atoms in total. The van der Waals surface area contributed by atoms with Gasteiger partial charge in [-0.2, -0.15) is 0 Å². The van der Waals surface area contributed by atoms with E-state index in [4.69, 9.17) is 0 Å². The molecule has 1 amide bonds. The van der Waals surface area contributed by atoms with E-state index in [0.717, 1.165) is 17.5 Å². The van der Waals surface area contributed by atoms with E-state index in [1.807, 2.05) is 52.0 Å². The van der Waals surface area contributed by atoms with Gasteiger partial charge in [0, 0.05) is 12.1 Å². The van der Waals surface area contributed by atoms with Crippen LogP contribution in [0.5, 0.6) is 0 Å². The van der Waals surface area contributed by atoms with E-state index in [9.17, 15) is 9.59 Å². The molecule has 0 spiro atoms. The number of hydrogen-bond acceptors (Lipinski definition) is 2. The van der Waals surface area contributed by atoms with Gasteiger partial charge in [0.25, 0.3) is 0 Å². The molecule has 0 saturated carbocycles. The molecular weight excluding hydrogens is 266 g/mol. The van der Waals surface area contributed by atoms with E-state index in [1.54, 1.807) is 9.13 Å². The number of aromatic nitrogens is 2. The van der Waals surface area contributed by atoms with Crippen LogP contribution >= 0.6 is 0 Å². The van der Waals surface area contributed by atoms with Gasteiger partial charge in [-0.05, 0) is 39.3 Å². The van der Waals surface area contributed by atoms with Crippen molar-refractivity contribution in [1.29, 1.82) is 0 Å². The lowest BCUT2D eigenvalue weighted by molar-refractivity contribution is -0.123. The van der Waals surface area contributed by atoms with E-state index in [0.29, 0.717) is 6.54 Å². The smallest absolute Gasteiger partial charge is 0.329 e. The summed E-state index contributed by atoms with van der Waals surface area (Å²) in [7, 11) is 0. The van der Waals surface area contributed by atoms with Gasteiger partial charge in [0.15, 0.2) is 0 Å². The Balaban J connectivity index is 2.42. The van der Waals surface area contributed by atoms with Crippen molar-refractivity contribution in [3.05, 3.63) is 34.7 Å². The summed E-state index contributed by atoms with van der Waals surface area (Å²) in [4.78, 5) is 24.6. The van der Waals surface area contributed by atoms with Crippen molar-refractivity contribution in [2.24, 2.45) is 0 Å². The topological polar surface area (TPSA) is 56.0 Å². The van der Waals surface area contributed by atoms with Crippen LogP contribution in [0.4, 0.5) is 0 Å². The van der Waals surface area contributed by atoms with Gasteiger partial charge >= 0.3 is 5.69 Å². The second-order valence-corrected chi connectivity index (χ2v) is 6.31. The largest absolute Gasteiger partial charge is 0.350 e. The summed E-state index contributed by atoms with van der Waals surface area (Å²) in [5.41, 5.74) is 1.26. The van der Waals surface area contributed by atoms with Crippen molar-refractivity contribution < 1.29 is 4.79 Å². The number of nitrogens with zero attached hydrogens (tertiary/aromatic N) is 2. The predicted molar refractivity (Wildman–Crippen MR) is 84.4 cm³/mol. The second kappa shape index (κ2) is 5.76. The Morgan fingerprint density at radius 2 is 1.71 bits per heavy atom. The summed E-state index contributed by atoms with van der Waals surface area (Å²) in [6.45, 7) is 8.52. The number of aryl methyl sites for hydroxylation is 1. The molecule has 0 aliphatic carbocycles. The molecule has 1 aromatic carbocycles. The van der Waals surface area contributed by atoms with E-state index in [1.165, 1.54) is 0 Å². The SMILES string of the molecule is CCCn1c(=O)n(CC(=O)NC(C)(C)C)c2ccccc21. The normalized spacial score (nSPS) is 11.8. The summed E-state index contributed by atoms with van der Waals surface area (Å²) in [5, 5.41) is 2.89. The van der Waals surface area contributed by atoms with Gasteiger partial charge < -0.3 is 5.32 Å². The minimum Gasteiger partial charge on any atom is -0.350 e. The number of amides is 1. The maximum Gasteiger partial charge on any atom is 0.329 e. The van der Waals surface area contributed by atoms with E-state index < -0.39 is 0 Å². The highest BCUT2D eigenvalue weighted by Crippen LogP contribution is 2.13. The third-order valence-electron chi connectivity index (χ3n) is 3.19. The highest BCUT2D eigenvalue weighted by molar-refractivity contribution is 5.81. The van der Waals surface area contributed by atoms with Crippen LogP contribution in [0.15, 0.2) is 29.1 Å². The van der Waals surface area contributed by atoms with Crippen LogP contribution in [0.2, 0.25) is 0 Å². The zero-order valence-corrected chi connectivity index (χ0v) is 13.1. The second-order valence-electron chi connectivity index (χ2n) is 6.31. The molecule has 1 heterocycles. The van der Waals surface area contributed by atoms with Crippen LogP contribution < -0.4 is 11.0 Å². The molecule has 2 rings (SSSR count).